The zero-order valence-electron chi connectivity index (χ0n) is 17.1. The number of aryl methyl sites for hydroxylation is 1. The molecule has 3 aromatic rings. The van der Waals surface area contributed by atoms with E-state index in [9.17, 15) is 9.59 Å². The predicted molar refractivity (Wildman–Crippen MR) is 114 cm³/mol. The Kier molecular flexibility index (Phi) is 6.65. The van der Waals surface area contributed by atoms with Crippen molar-refractivity contribution in [2.45, 2.75) is 52.3 Å². The van der Waals surface area contributed by atoms with Gasteiger partial charge in [0, 0.05) is 6.04 Å². The molecular weight excluding hydrogens is 366 g/mol. The molecule has 0 radical (unpaired) electrons. The van der Waals surface area contributed by atoms with Crippen LogP contribution in [0, 0.1) is 0 Å². The Morgan fingerprint density at radius 3 is 2.55 bits per heavy atom. The van der Waals surface area contributed by atoms with Crippen LogP contribution in [0.25, 0.3) is 10.9 Å². The quantitative estimate of drug-likeness (QED) is 0.637. The van der Waals surface area contributed by atoms with E-state index in [4.69, 9.17) is 4.74 Å². The molecule has 1 aromatic heterocycles. The van der Waals surface area contributed by atoms with Crippen molar-refractivity contribution in [2.75, 3.05) is 0 Å². The third-order valence-electron chi connectivity index (χ3n) is 4.61. The molecule has 0 saturated carbocycles. The highest BCUT2D eigenvalue weighted by atomic mass is 16.5. The lowest BCUT2D eigenvalue weighted by molar-refractivity contribution is -0.122. The molecule has 3 rings (SSSR count). The molecule has 1 amide bonds. The van der Waals surface area contributed by atoms with E-state index in [1.54, 1.807) is 18.2 Å². The third-order valence-corrected chi connectivity index (χ3v) is 4.61. The molecule has 152 valence electrons. The largest absolute Gasteiger partial charge is 0.491 e. The molecule has 0 bridgehead atoms. The first kappa shape index (κ1) is 20.6. The molecule has 1 atom stereocenters. The minimum absolute atomic E-state index is 0.00166. The topological polar surface area (TPSA) is 73.2 Å². The standard InChI is InChI=1S/C23H27N3O3/c1-16(2)29-19-12-10-18(11-13-19)9-8-17(3)25-22(27)14-26-15-24-21-7-5-4-6-20(21)23(26)28/h4-7,10-13,15-17H,8-9,14H2,1-3H3,(H,25,27). The summed E-state index contributed by atoms with van der Waals surface area (Å²) in [7, 11) is 0. The fourth-order valence-corrected chi connectivity index (χ4v) is 3.16. The van der Waals surface area contributed by atoms with E-state index >= 15 is 0 Å². The van der Waals surface area contributed by atoms with Gasteiger partial charge in [-0.3, -0.25) is 14.2 Å². The number of hydrogen-bond donors (Lipinski definition) is 1. The highest BCUT2D eigenvalue weighted by molar-refractivity contribution is 5.79. The fraction of sp³-hybridized carbons (Fsp3) is 0.348. The summed E-state index contributed by atoms with van der Waals surface area (Å²) in [5, 5.41) is 3.47. The molecule has 0 fully saturated rings. The maximum atomic E-state index is 12.5. The van der Waals surface area contributed by atoms with Crippen LogP contribution in [0.1, 0.15) is 32.8 Å². The number of amides is 1. The summed E-state index contributed by atoms with van der Waals surface area (Å²) >= 11 is 0. The van der Waals surface area contributed by atoms with Crippen LogP contribution < -0.4 is 15.6 Å². The van der Waals surface area contributed by atoms with E-state index < -0.39 is 0 Å². The van der Waals surface area contributed by atoms with Crippen molar-refractivity contribution in [3.05, 3.63) is 70.8 Å². The summed E-state index contributed by atoms with van der Waals surface area (Å²) in [6.45, 7) is 5.93. The van der Waals surface area contributed by atoms with E-state index in [0.717, 1.165) is 18.6 Å². The lowest BCUT2D eigenvalue weighted by atomic mass is 10.1. The van der Waals surface area contributed by atoms with Gasteiger partial charge in [-0.2, -0.15) is 0 Å². The Bertz CT molecular complexity index is 1030. The van der Waals surface area contributed by atoms with Crippen LogP contribution in [0.15, 0.2) is 59.7 Å². The molecule has 0 aliphatic heterocycles. The van der Waals surface area contributed by atoms with Gasteiger partial charge < -0.3 is 10.1 Å². The second kappa shape index (κ2) is 9.37. The number of para-hydroxylation sites is 1. The molecule has 1 unspecified atom stereocenters. The van der Waals surface area contributed by atoms with E-state index in [1.165, 1.54) is 16.5 Å². The summed E-state index contributed by atoms with van der Waals surface area (Å²) in [5.41, 5.74) is 1.62. The predicted octanol–water partition coefficient (Wildman–Crippen LogP) is 3.32. The number of ether oxygens (including phenoxy) is 1. The number of benzene rings is 2. The summed E-state index contributed by atoms with van der Waals surface area (Å²) in [6, 6.07) is 15.2. The Morgan fingerprint density at radius 2 is 1.83 bits per heavy atom. The number of nitrogens with one attached hydrogen (secondary N) is 1. The van der Waals surface area contributed by atoms with Gasteiger partial charge in [0.15, 0.2) is 0 Å². The minimum atomic E-state index is -0.206. The van der Waals surface area contributed by atoms with Gasteiger partial charge >= 0.3 is 0 Å². The first-order chi connectivity index (χ1) is 13.9. The van der Waals surface area contributed by atoms with Gasteiger partial charge in [0.2, 0.25) is 5.91 Å². The second-order valence-electron chi connectivity index (χ2n) is 7.51. The van der Waals surface area contributed by atoms with Crippen molar-refractivity contribution in [3.8, 4) is 5.75 Å². The average Bonchev–Trinajstić information content (AvgIpc) is 2.69. The van der Waals surface area contributed by atoms with Gasteiger partial charge in [-0.1, -0.05) is 24.3 Å². The summed E-state index contributed by atoms with van der Waals surface area (Å²) in [5.74, 6) is 0.664. The van der Waals surface area contributed by atoms with Crippen LogP contribution in [0.5, 0.6) is 5.75 Å². The number of fused-ring (bicyclic) bond motifs is 1. The van der Waals surface area contributed by atoms with Crippen LogP contribution >= 0.6 is 0 Å². The number of nitrogens with zero attached hydrogens (tertiary/aromatic N) is 2. The van der Waals surface area contributed by atoms with Gasteiger partial charge in [0.25, 0.3) is 5.56 Å². The van der Waals surface area contributed by atoms with E-state index in [-0.39, 0.29) is 30.2 Å². The Balaban J connectivity index is 1.52. The summed E-state index contributed by atoms with van der Waals surface area (Å²) < 4.78 is 7.00. The number of rotatable bonds is 8. The lowest BCUT2D eigenvalue weighted by Gasteiger charge is -2.15. The van der Waals surface area contributed by atoms with Crippen LogP contribution in [-0.4, -0.2) is 27.6 Å². The zero-order valence-corrected chi connectivity index (χ0v) is 17.1. The van der Waals surface area contributed by atoms with Gasteiger partial charge in [-0.15, -0.1) is 0 Å². The fourth-order valence-electron chi connectivity index (χ4n) is 3.16. The van der Waals surface area contributed by atoms with Crippen molar-refractivity contribution in [1.82, 2.24) is 14.9 Å². The highest BCUT2D eigenvalue weighted by Gasteiger charge is 2.11. The Morgan fingerprint density at radius 1 is 1.10 bits per heavy atom. The zero-order chi connectivity index (χ0) is 20.8. The summed E-state index contributed by atoms with van der Waals surface area (Å²) in [6.07, 6.45) is 3.23. The Hall–Kier alpha value is -3.15. The molecule has 6 nitrogen and oxygen atoms in total. The third kappa shape index (κ3) is 5.67. The molecule has 0 spiro atoms. The molecule has 0 aliphatic carbocycles. The van der Waals surface area contributed by atoms with Crippen molar-refractivity contribution < 1.29 is 9.53 Å². The first-order valence-electron chi connectivity index (χ1n) is 9.91. The van der Waals surface area contributed by atoms with E-state index in [2.05, 4.69) is 10.3 Å². The second-order valence-corrected chi connectivity index (χ2v) is 7.51. The van der Waals surface area contributed by atoms with Crippen molar-refractivity contribution in [3.63, 3.8) is 0 Å². The van der Waals surface area contributed by atoms with Gasteiger partial charge in [-0.05, 0) is 63.4 Å². The van der Waals surface area contributed by atoms with Crippen LogP contribution in [0.3, 0.4) is 0 Å². The van der Waals surface area contributed by atoms with Crippen molar-refractivity contribution >= 4 is 16.8 Å². The molecule has 0 saturated heterocycles. The van der Waals surface area contributed by atoms with E-state index in [1.807, 2.05) is 51.1 Å². The molecule has 1 heterocycles. The maximum Gasteiger partial charge on any atom is 0.261 e. The molecule has 29 heavy (non-hydrogen) atoms. The monoisotopic (exact) mass is 393 g/mol. The van der Waals surface area contributed by atoms with Gasteiger partial charge in [-0.25, -0.2) is 4.98 Å². The summed E-state index contributed by atoms with van der Waals surface area (Å²) in [4.78, 5) is 29.1. The number of carbonyl (C=O) groups excluding carboxylic acids is 1. The van der Waals surface area contributed by atoms with Crippen molar-refractivity contribution in [1.29, 1.82) is 0 Å². The number of carbonyl (C=O) groups is 1. The minimum Gasteiger partial charge on any atom is -0.491 e. The molecular formula is C23H27N3O3. The van der Waals surface area contributed by atoms with Gasteiger partial charge in [0.05, 0.1) is 23.3 Å². The molecule has 0 aliphatic rings. The average molecular weight is 393 g/mol. The normalized spacial score (nSPS) is 12.1. The Labute approximate surface area is 170 Å². The molecule has 6 heteroatoms. The maximum absolute atomic E-state index is 12.5. The number of aromatic nitrogens is 2. The SMILES string of the molecule is CC(CCc1ccc(OC(C)C)cc1)NC(=O)Cn1cnc2ccccc2c1=O. The van der Waals surface area contributed by atoms with Crippen molar-refractivity contribution in [2.24, 2.45) is 0 Å². The van der Waals surface area contributed by atoms with E-state index in [0.29, 0.717) is 10.9 Å². The van der Waals surface area contributed by atoms with Crippen LogP contribution in [-0.2, 0) is 17.8 Å². The lowest BCUT2D eigenvalue weighted by Crippen LogP contribution is -2.37. The number of hydrogen-bond acceptors (Lipinski definition) is 4. The molecule has 2 aromatic carbocycles. The smallest absolute Gasteiger partial charge is 0.261 e. The van der Waals surface area contributed by atoms with Crippen LogP contribution in [0.2, 0.25) is 0 Å². The first-order valence-corrected chi connectivity index (χ1v) is 9.91. The molecule has 1 N–H and O–H groups in total. The highest BCUT2D eigenvalue weighted by Crippen LogP contribution is 2.15. The van der Waals surface area contributed by atoms with Gasteiger partial charge in [0.1, 0.15) is 12.3 Å². The van der Waals surface area contributed by atoms with Crippen LogP contribution in [0.4, 0.5) is 0 Å².